The van der Waals surface area contributed by atoms with Crippen LogP contribution in [0.15, 0.2) is 42.5 Å². The fourth-order valence-corrected chi connectivity index (χ4v) is 17.2. The van der Waals surface area contributed by atoms with Gasteiger partial charge in [0.05, 0.1) is 29.6 Å². The number of alkyl halides is 3. The van der Waals surface area contributed by atoms with Crippen molar-refractivity contribution in [2.45, 2.75) is 269 Å². The van der Waals surface area contributed by atoms with Crippen LogP contribution < -0.4 is 20.9 Å². The smallest absolute Gasteiger partial charge is 0.354 e. The van der Waals surface area contributed by atoms with E-state index < -0.39 is 149 Å². The summed E-state index contributed by atoms with van der Waals surface area (Å²) in [5.74, 6) is -7.34. The number of likely N-dealkylation sites (N-methyl/N-ethyl adjacent to an activating group) is 5. The van der Waals surface area contributed by atoms with Crippen LogP contribution in [-0.2, 0) is 76.6 Å². The number of ketones is 1. The summed E-state index contributed by atoms with van der Waals surface area (Å²) in [5, 5.41) is 8.29. The van der Waals surface area contributed by atoms with E-state index in [4.69, 9.17) is 11.6 Å². The number of anilines is 1. The monoisotopic (exact) mass is 1530 g/mol. The fraction of sp³-hybridized carbons (Fsp3) is 0.704. The number of aryl methyl sites for hydroxylation is 1. The second-order valence-corrected chi connectivity index (χ2v) is 32.3. The highest BCUT2D eigenvalue weighted by Gasteiger charge is 2.47. The van der Waals surface area contributed by atoms with Crippen molar-refractivity contribution < 1.29 is 70.7 Å². The Hall–Kier alpha value is -7.64. The molecule has 2 aliphatic carbocycles. The van der Waals surface area contributed by atoms with E-state index in [2.05, 4.69) is 16.0 Å². The van der Waals surface area contributed by atoms with Gasteiger partial charge in [0.2, 0.25) is 65.0 Å². The number of Topliss-reactive ketones (excluding diaryl/α,β-unsaturated/α-hetero) is 1. The van der Waals surface area contributed by atoms with Crippen LogP contribution in [0.3, 0.4) is 0 Å². The summed E-state index contributed by atoms with van der Waals surface area (Å²) in [5.41, 5.74) is 0.415. The Morgan fingerprint density at radius 1 is 0.620 bits per heavy atom. The number of amides is 11. The number of fused-ring (bicyclic) bond motifs is 4. The van der Waals surface area contributed by atoms with Gasteiger partial charge in [0.15, 0.2) is 5.78 Å². The summed E-state index contributed by atoms with van der Waals surface area (Å²) >= 11 is 6.18. The first-order valence-corrected chi connectivity index (χ1v) is 40.3. The van der Waals surface area contributed by atoms with Gasteiger partial charge in [-0.1, -0.05) is 128 Å². The normalized spacial score (nSPS) is 26.8. The number of para-hydroxylation sites is 1. The third-order valence-electron chi connectivity index (χ3n) is 23.9. The van der Waals surface area contributed by atoms with Gasteiger partial charge in [-0.25, -0.2) is 0 Å². The van der Waals surface area contributed by atoms with Crippen LogP contribution in [0.5, 0.6) is 0 Å². The van der Waals surface area contributed by atoms with Crippen LogP contribution in [0.2, 0.25) is 5.02 Å². The SMILES string of the molecule is CCC1CCCC(=O)N[C@@H](CCc2ccc(C(F)(F)F)c(Cl)c2)C(=O)N2c3ccccc3CC2C(=O)NCCCCC(=O)N(C)[C@@H](C2CCCCC2)C(=O)N(C)[C@H](C(=O)N2CCCCC2)CC(=O)N(C)[C@@H](CC(C)C)C(=O)N[C@@H]([C@@H](C)CC)C(=O)N(C)CC(=O)N2CC[C@H]2C(=O)N(C)[C@@H](CC2CCCCC2)C1=O. The molecule has 2 saturated carbocycles. The molecular weight excluding hydrogens is 1410 g/mol. The van der Waals surface area contributed by atoms with Gasteiger partial charge in [-0.3, -0.25) is 62.4 Å². The second kappa shape index (κ2) is 39.8. The van der Waals surface area contributed by atoms with Crippen LogP contribution >= 0.6 is 11.6 Å². The number of likely N-dealkylation sites (tertiary alicyclic amines) is 1. The molecule has 2 aromatic rings. The number of nitrogens with one attached hydrogen (secondary N) is 3. The Morgan fingerprint density at radius 2 is 1.29 bits per heavy atom. The third-order valence-corrected chi connectivity index (χ3v) is 24.2. The first kappa shape index (κ1) is 86.0. The number of benzene rings is 2. The molecule has 598 valence electrons. The Kier molecular flexibility index (Phi) is 31.7. The van der Waals surface area contributed by atoms with Crippen LogP contribution in [0, 0.1) is 29.6 Å². The van der Waals surface area contributed by atoms with Gasteiger partial charge >= 0.3 is 6.18 Å². The number of nitrogens with zero attached hydrogens (tertiary/aromatic N) is 8. The molecule has 0 aromatic heterocycles. The molecule has 3 saturated heterocycles. The molecule has 8 rings (SSSR count). The van der Waals surface area contributed by atoms with E-state index in [-0.39, 0.29) is 100 Å². The lowest BCUT2D eigenvalue weighted by atomic mass is 9.80. The van der Waals surface area contributed by atoms with Crippen LogP contribution in [-0.4, -0.2) is 221 Å². The van der Waals surface area contributed by atoms with E-state index in [0.717, 1.165) is 76.7 Å². The van der Waals surface area contributed by atoms with Gasteiger partial charge in [0.1, 0.15) is 42.3 Å². The van der Waals surface area contributed by atoms with Crippen molar-refractivity contribution in [3.8, 4) is 0 Å². The standard InChI is InChI=1S/C81H119ClF3N11O12/c1-11-52(5)71-79(107)89(6)50-70(100)95-44-40-62(95)77(105)91(8)63(47-53-27-16-13-17-28-53)73(101)55(12-2)32-26-34-67(97)87-60(39-37-54-36-38-58(59(82)46-54)81(83,84)85)76(104)96-61-33-21-20-31-57(61)48-65(96)74(102)86-41-23-22-35-68(98)93(10)72(56-29-18-14-19-30-56)80(108)92(9)66(78(106)94-42-24-15-25-43-94)49-69(99)90(7)64(45-51(3)4)75(103)88-71/h20-21,31,33,36,38,46,51-53,55-56,60,62-66,71-72H,11-19,22-30,32,34-35,37,39-45,47-50H2,1-10H3,(H,86,102)(H,87,97)(H,88,103)/t52-,55?,60-,62-,63-,64-,65?,66-,71-,72-/m0/s1. The quantitative estimate of drug-likeness (QED) is 0.179. The summed E-state index contributed by atoms with van der Waals surface area (Å²) in [4.78, 5) is 190. The summed E-state index contributed by atoms with van der Waals surface area (Å²) in [6, 6.07) is 1.36. The topological polar surface area (TPSA) is 267 Å². The minimum Gasteiger partial charge on any atom is -0.354 e. The predicted octanol–water partition coefficient (Wildman–Crippen LogP) is 9.70. The second-order valence-electron chi connectivity index (χ2n) is 31.9. The highest BCUT2D eigenvalue weighted by atomic mass is 35.5. The fourth-order valence-electron chi connectivity index (χ4n) is 16.9. The van der Waals surface area contributed by atoms with Crippen molar-refractivity contribution in [1.82, 2.24) is 50.2 Å². The zero-order valence-electron chi connectivity index (χ0n) is 65.4. The zero-order valence-corrected chi connectivity index (χ0v) is 66.1. The van der Waals surface area contributed by atoms with E-state index in [9.17, 15) is 46.7 Å². The number of rotatable bonds is 12. The Labute approximate surface area is 641 Å². The van der Waals surface area contributed by atoms with E-state index in [1.54, 1.807) is 50.2 Å². The van der Waals surface area contributed by atoms with Crippen LogP contribution in [0.1, 0.15) is 218 Å². The van der Waals surface area contributed by atoms with Crippen molar-refractivity contribution in [2.75, 3.05) is 72.9 Å². The summed E-state index contributed by atoms with van der Waals surface area (Å²) in [6.45, 7) is 9.96. The maximum atomic E-state index is 15.5. The first-order valence-electron chi connectivity index (χ1n) is 39.9. The molecule has 4 heterocycles. The number of carbonyl (C=O) groups is 12. The van der Waals surface area contributed by atoms with Crippen molar-refractivity contribution in [3.63, 3.8) is 0 Å². The number of halogens is 4. The minimum atomic E-state index is -4.73. The lowest BCUT2D eigenvalue weighted by Gasteiger charge is -2.44. The van der Waals surface area contributed by atoms with Gasteiger partial charge in [-0.05, 0) is 149 Å². The molecule has 0 spiro atoms. The Morgan fingerprint density at radius 3 is 1.92 bits per heavy atom. The molecule has 11 amide bonds. The van der Waals surface area contributed by atoms with E-state index in [1.807, 2.05) is 27.7 Å². The number of hydrogen-bond donors (Lipinski definition) is 3. The van der Waals surface area contributed by atoms with Crippen molar-refractivity contribution in [1.29, 1.82) is 0 Å². The highest BCUT2D eigenvalue weighted by molar-refractivity contribution is 6.31. The highest BCUT2D eigenvalue weighted by Crippen LogP contribution is 2.38. The van der Waals surface area contributed by atoms with Gasteiger partial charge in [0, 0.05) is 92.3 Å². The van der Waals surface area contributed by atoms with Crippen molar-refractivity contribution in [2.24, 2.45) is 29.6 Å². The molecule has 6 aliphatic rings. The lowest BCUT2D eigenvalue weighted by molar-refractivity contribution is -0.157. The van der Waals surface area contributed by atoms with Crippen molar-refractivity contribution in [3.05, 3.63) is 64.2 Å². The van der Waals surface area contributed by atoms with Crippen molar-refractivity contribution >= 4 is 88.1 Å². The van der Waals surface area contributed by atoms with Gasteiger partial charge in [-0.15, -0.1) is 0 Å². The number of piperidine rings is 1. The maximum absolute atomic E-state index is 15.5. The molecule has 0 bridgehead atoms. The first-order chi connectivity index (χ1) is 51.4. The largest absolute Gasteiger partial charge is 0.417 e. The third kappa shape index (κ3) is 21.9. The molecule has 0 radical (unpaired) electrons. The van der Waals surface area contributed by atoms with Gasteiger partial charge < -0.3 is 50.2 Å². The molecule has 5 fully saturated rings. The summed E-state index contributed by atoms with van der Waals surface area (Å²) in [6.07, 6.45) is 8.09. The lowest BCUT2D eigenvalue weighted by Crippen LogP contribution is -2.63. The zero-order chi connectivity index (χ0) is 78.8. The average Bonchev–Trinajstić information content (AvgIpc) is 1.51. The van der Waals surface area contributed by atoms with E-state index in [1.165, 1.54) is 67.6 Å². The van der Waals surface area contributed by atoms with Crippen LogP contribution in [0.4, 0.5) is 18.9 Å². The Balaban J connectivity index is 1.11. The summed E-state index contributed by atoms with van der Waals surface area (Å²) in [7, 11) is 7.59. The molecule has 2 unspecified atom stereocenters. The number of hydrogen-bond acceptors (Lipinski definition) is 12. The Bertz CT molecular complexity index is 3510. The van der Waals surface area contributed by atoms with E-state index >= 15 is 24.0 Å². The molecular formula is C81H119ClF3N11O12. The predicted molar refractivity (Wildman–Crippen MR) is 405 cm³/mol. The molecule has 27 heteroatoms. The molecule has 23 nitrogen and oxygen atoms in total. The molecule has 2 aromatic carbocycles. The number of carbonyl (C=O) groups excluding carboxylic acids is 12. The molecule has 108 heavy (non-hydrogen) atoms. The van der Waals surface area contributed by atoms with Crippen LogP contribution in [0.25, 0.3) is 0 Å². The van der Waals surface area contributed by atoms with Gasteiger partial charge in [-0.2, -0.15) is 13.2 Å². The maximum Gasteiger partial charge on any atom is 0.417 e. The molecule has 10 atom stereocenters. The molecule has 3 N–H and O–H groups in total. The average molecular weight is 1530 g/mol. The minimum absolute atomic E-state index is 0.0118. The van der Waals surface area contributed by atoms with Gasteiger partial charge in [0.25, 0.3) is 0 Å². The van der Waals surface area contributed by atoms with E-state index in [0.29, 0.717) is 74.8 Å². The molecule has 4 aliphatic heterocycles. The summed E-state index contributed by atoms with van der Waals surface area (Å²) < 4.78 is 41.7.